The molecule has 0 spiro atoms. The number of hydrogen-bond acceptors (Lipinski definition) is 4. The summed E-state index contributed by atoms with van der Waals surface area (Å²) >= 11 is 0. The van der Waals surface area contributed by atoms with E-state index in [0.717, 1.165) is 0 Å². The molecule has 2 heterocycles. The first-order chi connectivity index (χ1) is 16.0. The van der Waals surface area contributed by atoms with Crippen molar-refractivity contribution in [3.8, 4) is 0 Å². The largest absolute Gasteiger partial charge is 0.459 e. The lowest BCUT2D eigenvalue weighted by molar-refractivity contribution is -0.119. The third-order valence-electron chi connectivity index (χ3n) is 5.75. The minimum absolute atomic E-state index is 0.182. The molecule has 1 aliphatic heterocycles. The molecule has 1 aromatic heterocycles. The van der Waals surface area contributed by atoms with Crippen molar-refractivity contribution in [3.63, 3.8) is 0 Å². The summed E-state index contributed by atoms with van der Waals surface area (Å²) in [4.78, 5) is 40.2. The van der Waals surface area contributed by atoms with Gasteiger partial charge in [-0.25, -0.2) is 4.39 Å². The van der Waals surface area contributed by atoms with Crippen LogP contribution in [-0.2, 0) is 4.79 Å². The highest BCUT2D eigenvalue weighted by Gasteiger charge is 2.34. The van der Waals surface area contributed by atoms with Crippen molar-refractivity contribution in [2.75, 3.05) is 18.4 Å². The highest BCUT2D eigenvalue weighted by atomic mass is 19.1. The maximum atomic E-state index is 13.2. The van der Waals surface area contributed by atoms with Crippen LogP contribution in [0.1, 0.15) is 33.8 Å². The SMILES string of the molecule is O=C(NC(C(=O)Nc1ccccc1)C1CCN(C(=O)c2ccco2)CC1)c1ccc(F)cc1. The number of likely N-dealkylation sites (tertiary alicyclic amines) is 1. The van der Waals surface area contributed by atoms with E-state index in [1.54, 1.807) is 41.3 Å². The van der Waals surface area contributed by atoms with E-state index in [4.69, 9.17) is 4.42 Å². The van der Waals surface area contributed by atoms with Gasteiger partial charge >= 0.3 is 0 Å². The molecule has 0 saturated carbocycles. The van der Waals surface area contributed by atoms with Crippen molar-refractivity contribution < 1.29 is 23.2 Å². The van der Waals surface area contributed by atoms with Crippen LogP contribution in [0.2, 0.25) is 0 Å². The van der Waals surface area contributed by atoms with E-state index in [1.165, 1.54) is 30.5 Å². The van der Waals surface area contributed by atoms with Gasteiger partial charge in [-0.3, -0.25) is 14.4 Å². The Kier molecular flexibility index (Phi) is 6.83. The lowest BCUT2D eigenvalue weighted by atomic mass is 9.88. The second-order valence-electron chi connectivity index (χ2n) is 7.92. The normalized spacial score (nSPS) is 15.0. The van der Waals surface area contributed by atoms with E-state index in [0.29, 0.717) is 31.6 Å². The number of piperidine rings is 1. The number of nitrogens with one attached hydrogen (secondary N) is 2. The Labute approximate surface area is 190 Å². The number of benzene rings is 2. The number of hydrogen-bond donors (Lipinski definition) is 2. The van der Waals surface area contributed by atoms with Gasteiger partial charge in [-0.15, -0.1) is 0 Å². The van der Waals surface area contributed by atoms with Crippen LogP contribution < -0.4 is 10.6 Å². The molecule has 4 rings (SSSR count). The molecule has 170 valence electrons. The van der Waals surface area contributed by atoms with Crippen LogP contribution in [0, 0.1) is 11.7 Å². The molecule has 0 aliphatic carbocycles. The number of carbonyl (C=O) groups excluding carboxylic acids is 3. The van der Waals surface area contributed by atoms with E-state index < -0.39 is 17.8 Å². The number of carbonyl (C=O) groups is 3. The Bertz CT molecular complexity index is 1090. The van der Waals surface area contributed by atoms with Gasteiger partial charge in [0.2, 0.25) is 5.91 Å². The zero-order valence-corrected chi connectivity index (χ0v) is 17.9. The minimum atomic E-state index is -0.816. The van der Waals surface area contributed by atoms with Crippen molar-refractivity contribution in [2.24, 2.45) is 5.92 Å². The van der Waals surface area contributed by atoms with Gasteiger partial charge in [0, 0.05) is 24.3 Å². The summed E-state index contributed by atoms with van der Waals surface area (Å²) in [6, 6.07) is 16.6. The van der Waals surface area contributed by atoms with Crippen LogP contribution in [0.25, 0.3) is 0 Å². The lowest BCUT2D eigenvalue weighted by Crippen LogP contribution is -2.52. The standard InChI is InChI=1S/C25H24FN3O4/c26-19-10-8-18(9-11-19)23(30)28-22(24(31)27-20-5-2-1-3-6-20)17-12-14-29(15-13-17)25(32)21-7-4-16-33-21/h1-11,16-17,22H,12-15H2,(H,27,31)(H,28,30). The van der Waals surface area contributed by atoms with Gasteiger partial charge < -0.3 is 20.0 Å². The average Bonchev–Trinajstić information content (AvgIpc) is 3.38. The molecule has 1 unspecified atom stereocenters. The summed E-state index contributed by atoms with van der Waals surface area (Å²) in [7, 11) is 0. The van der Waals surface area contributed by atoms with Crippen molar-refractivity contribution in [1.82, 2.24) is 10.2 Å². The van der Waals surface area contributed by atoms with Gasteiger partial charge in [-0.05, 0) is 67.3 Å². The number of furan rings is 1. The Morgan fingerprint density at radius 2 is 1.64 bits per heavy atom. The molecule has 0 bridgehead atoms. The van der Waals surface area contributed by atoms with Crippen molar-refractivity contribution >= 4 is 23.4 Å². The van der Waals surface area contributed by atoms with E-state index in [1.807, 2.05) is 6.07 Å². The van der Waals surface area contributed by atoms with E-state index in [9.17, 15) is 18.8 Å². The monoisotopic (exact) mass is 449 g/mol. The number of para-hydroxylation sites is 1. The average molecular weight is 449 g/mol. The van der Waals surface area contributed by atoms with Crippen LogP contribution in [0.3, 0.4) is 0 Å². The van der Waals surface area contributed by atoms with Gasteiger partial charge in [0.05, 0.1) is 6.26 Å². The highest BCUT2D eigenvalue weighted by molar-refractivity contribution is 6.01. The summed E-state index contributed by atoms with van der Waals surface area (Å²) in [6.45, 7) is 0.872. The Hall–Kier alpha value is -3.94. The third kappa shape index (κ3) is 5.46. The van der Waals surface area contributed by atoms with Crippen LogP contribution >= 0.6 is 0 Å². The Morgan fingerprint density at radius 1 is 0.939 bits per heavy atom. The second-order valence-corrected chi connectivity index (χ2v) is 7.92. The third-order valence-corrected chi connectivity index (χ3v) is 5.75. The quantitative estimate of drug-likeness (QED) is 0.600. The first-order valence-corrected chi connectivity index (χ1v) is 10.8. The topological polar surface area (TPSA) is 91.7 Å². The Morgan fingerprint density at radius 3 is 2.27 bits per heavy atom. The van der Waals surface area contributed by atoms with Crippen molar-refractivity contribution in [3.05, 3.63) is 90.1 Å². The number of rotatable bonds is 6. The van der Waals surface area contributed by atoms with E-state index in [2.05, 4.69) is 10.6 Å². The maximum absolute atomic E-state index is 13.2. The number of amides is 3. The molecule has 0 radical (unpaired) electrons. The van der Waals surface area contributed by atoms with Crippen LogP contribution in [0.5, 0.6) is 0 Å². The molecule has 8 heteroatoms. The van der Waals surface area contributed by atoms with Crippen molar-refractivity contribution in [2.45, 2.75) is 18.9 Å². The molecule has 1 fully saturated rings. The molecule has 33 heavy (non-hydrogen) atoms. The van der Waals surface area contributed by atoms with E-state index >= 15 is 0 Å². The summed E-state index contributed by atoms with van der Waals surface area (Å²) in [5, 5.41) is 5.67. The zero-order valence-electron chi connectivity index (χ0n) is 17.9. The van der Waals surface area contributed by atoms with Gasteiger partial charge in [0.25, 0.3) is 11.8 Å². The molecular weight excluding hydrogens is 425 g/mol. The fourth-order valence-electron chi connectivity index (χ4n) is 3.96. The van der Waals surface area contributed by atoms with Gasteiger partial charge in [0.15, 0.2) is 5.76 Å². The summed E-state index contributed by atoms with van der Waals surface area (Å²) < 4.78 is 18.4. The first kappa shape index (κ1) is 22.3. The molecule has 2 aromatic carbocycles. The molecular formula is C25H24FN3O4. The van der Waals surface area contributed by atoms with Gasteiger partial charge in [-0.2, -0.15) is 0 Å². The molecule has 1 aliphatic rings. The van der Waals surface area contributed by atoms with Crippen LogP contribution in [0.15, 0.2) is 77.4 Å². The van der Waals surface area contributed by atoms with Gasteiger partial charge in [0.1, 0.15) is 11.9 Å². The summed E-state index contributed by atoms with van der Waals surface area (Å²) in [6.07, 6.45) is 2.51. The molecule has 7 nitrogen and oxygen atoms in total. The van der Waals surface area contributed by atoms with Crippen LogP contribution in [0.4, 0.5) is 10.1 Å². The molecule has 1 saturated heterocycles. The zero-order chi connectivity index (χ0) is 23.2. The molecule has 3 amide bonds. The number of halogens is 1. The van der Waals surface area contributed by atoms with Gasteiger partial charge in [-0.1, -0.05) is 18.2 Å². The number of anilines is 1. The fourth-order valence-corrected chi connectivity index (χ4v) is 3.96. The predicted octanol–water partition coefficient (Wildman–Crippen LogP) is 3.71. The lowest BCUT2D eigenvalue weighted by Gasteiger charge is -2.35. The maximum Gasteiger partial charge on any atom is 0.289 e. The summed E-state index contributed by atoms with van der Waals surface area (Å²) in [5.41, 5.74) is 0.883. The molecule has 2 N–H and O–H groups in total. The minimum Gasteiger partial charge on any atom is -0.459 e. The van der Waals surface area contributed by atoms with E-state index in [-0.39, 0.29) is 29.1 Å². The van der Waals surface area contributed by atoms with Crippen LogP contribution in [-0.4, -0.2) is 41.8 Å². The highest BCUT2D eigenvalue weighted by Crippen LogP contribution is 2.24. The predicted molar refractivity (Wildman–Crippen MR) is 120 cm³/mol. The first-order valence-electron chi connectivity index (χ1n) is 10.8. The smallest absolute Gasteiger partial charge is 0.289 e. The second kappa shape index (κ2) is 10.1. The fraction of sp³-hybridized carbons (Fsp3) is 0.240. The Balaban J connectivity index is 1.47. The van der Waals surface area contributed by atoms with Crippen molar-refractivity contribution in [1.29, 1.82) is 0 Å². The summed E-state index contributed by atoms with van der Waals surface area (Å²) in [5.74, 6) is -1.35. The molecule has 1 atom stereocenters. The molecule has 3 aromatic rings. The number of nitrogens with zero attached hydrogens (tertiary/aromatic N) is 1.